The maximum Gasteiger partial charge on any atom is 0.328 e. The smallest absolute Gasteiger partial charge is 0.328 e. The van der Waals surface area contributed by atoms with Crippen LogP contribution in [0.2, 0.25) is 5.02 Å². The number of ether oxygens (including phenoxy) is 1. The van der Waals surface area contributed by atoms with Gasteiger partial charge in [0.15, 0.2) is 11.7 Å². The van der Waals surface area contributed by atoms with Crippen molar-refractivity contribution < 1.29 is 19.4 Å². The molecule has 0 aromatic heterocycles. The van der Waals surface area contributed by atoms with Crippen LogP contribution in [-0.4, -0.2) is 28.7 Å². The second-order valence-electron chi connectivity index (χ2n) is 5.52. The number of halogens is 1. The van der Waals surface area contributed by atoms with E-state index in [2.05, 4.69) is 10.6 Å². The van der Waals surface area contributed by atoms with E-state index >= 15 is 0 Å². The number of anilines is 1. The summed E-state index contributed by atoms with van der Waals surface area (Å²) in [5.41, 5.74) is 2.27. The van der Waals surface area contributed by atoms with E-state index in [1.807, 2.05) is 13.0 Å². The SMILES string of the molecule is Cc1ccc(OCC(=O)NC(=S)Nc2cccc(/C=C/C(=O)O)c2)c(Cl)c1. The van der Waals surface area contributed by atoms with Gasteiger partial charge in [0, 0.05) is 11.8 Å². The topological polar surface area (TPSA) is 87.7 Å². The summed E-state index contributed by atoms with van der Waals surface area (Å²) in [5.74, 6) is -1.06. The number of carbonyl (C=O) groups is 2. The van der Waals surface area contributed by atoms with Crippen molar-refractivity contribution in [1.29, 1.82) is 0 Å². The molecule has 140 valence electrons. The van der Waals surface area contributed by atoms with Gasteiger partial charge in [-0.1, -0.05) is 29.8 Å². The number of aryl methyl sites for hydroxylation is 1. The van der Waals surface area contributed by atoms with Gasteiger partial charge in [-0.15, -0.1) is 0 Å². The lowest BCUT2D eigenvalue weighted by Crippen LogP contribution is -2.37. The van der Waals surface area contributed by atoms with Crippen molar-refractivity contribution in [3.8, 4) is 5.75 Å². The van der Waals surface area contributed by atoms with Crippen molar-refractivity contribution in [2.75, 3.05) is 11.9 Å². The molecule has 1 amide bonds. The Kier molecular flexibility index (Phi) is 7.34. The molecule has 0 aliphatic rings. The molecule has 8 heteroatoms. The summed E-state index contributed by atoms with van der Waals surface area (Å²) >= 11 is 11.1. The van der Waals surface area contributed by atoms with Crippen LogP contribution in [0.15, 0.2) is 48.5 Å². The molecule has 0 bridgehead atoms. The average Bonchev–Trinajstić information content (AvgIpc) is 2.59. The van der Waals surface area contributed by atoms with Crippen molar-refractivity contribution in [3.05, 3.63) is 64.7 Å². The van der Waals surface area contributed by atoms with Crippen LogP contribution in [0.5, 0.6) is 5.75 Å². The van der Waals surface area contributed by atoms with Crippen LogP contribution in [-0.2, 0) is 9.59 Å². The van der Waals surface area contributed by atoms with E-state index in [1.54, 1.807) is 36.4 Å². The van der Waals surface area contributed by atoms with Crippen LogP contribution < -0.4 is 15.4 Å². The molecule has 0 aliphatic heterocycles. The van der Waals surface area contributed by atoms with Crippen molar-refractivity contribution in [1.82, 2.24) is 5.32 Å². The first-order valence-corrected chi connectivity index (χ1v) is 8.63. The van der Waals surface area contributed by atoms with Crippen LogP contribution >= 0.6 is 23.8 Å². The fraction of sp³-hybridized carbons (Fsp3) is 0.105. The van der Waals surface area contributed by atoms with E-state index < -0.39 is 11.9 Å². The van der Waals surface area contributed by atoms with Gasteiger partial charge in [0.2, 0.25) is 0 Å². The minimum atomic E-state index is -1.04. The summed E-state index contributed by atoms with van der Waals surface area (Å²) in [4.78, 5) is 22.5. The molecule has 0 heterocycles. The Morgan fingerprint density at radius 1 is 1.26 bits per heavy atom. The number of benzene rings is 2. The van der Waals surface area contributed by atoms with E-state index in [9.17, 15) is 9.59 Å². The van der Waals surface area contributed by atoms with Gasteiger partial charge in [-0.3, -0.25) is 10.1 Å². The van der Waals surface area contributed by atoms with Gasteiger partial charge in [-0.25, -0.2) is 4.79 Å². The van der Waals surface area contributed by atoms with E-state index in [1.165, 1.54) is 6.08 Å². The summed E-state index contributed by atoms with van der Waals surface area (Å²) in [5, 5.41) is 14.5. The number of hydrogen-bond acceptors (Lipinski definition) is 4. The fourth-order valence-corrected chi connectivity index (χ4v) is 2.60. The van der Waals surface area contributed by atoms with Crippen molar-refractivity contribution in [2.24, 2.45) is 0 Å². The fourth-order valence-electron chi connectivity index (χ4n) is 2.08. The van der Waals surface area contributed by atoms with E-state index in [0.29, 0.717) is 22.0 Å². The third kappa shape index (κ3) is 7.08. The number of nitrogens with one attached hydrogen (secondary N) is 2. The number of rotatable bonds is 6. The number of amides is 1. The first kappa shape index (κ1) is 20.4. The first-order chi connectivity index (χ1) is 12.8. The minimum absolute atomic E-state index is 0.0953. The molecule has 27 heavy (non-hydrogen) atoms. The van der Waals surface area contributed by atoms with Gasteiger partial charge >= 0.3 is 5.97 Å². The van der Waals surface area contributed by atoms with Crippen LogP contribution in [0.1, 0.15) is 11.1 Å². The third-order valence-corrected chi connectivity index (χ3v) is 3.76. The van der Waals surface area contributed by atoms with Gasteiger partial charge in [-0.2, -0.15) is 0 Å². The normalized spacial score (nSPS) is 10.4. The van der Waals surface area contributed by atoms with E-state index in [-0.39, 0.29) is 11.7 Å². The molecular weight excluding hydrogens is 388 g/mol. The summed E-state index contributed by atoms with van der Waals surface area (Å²) in [6, 6.07) is 12.2. The zero-order valence-corrected chi connectivity index (χ0v) is 15.9. The standard InChI is InChI=1S/C19H17ClN2O4S/c1-12-5-7-16(15(20)9-12)26-11-17(23)22-19(27)21-14-4-2-3-13(10-14)6-8-18(24)25/h2-10H,11H2,1H3,(H,24,25)(H2,21,22,23,27)/b8-6+. The Hall–Kier alpha value is -2.90. The van der Waals surface area contributed by atoms with Crippen LogP contribution in [0.4, 0.5) is 5.69 Å². The van der Waals surface area contributed by atoms with Crippen molar-refractivity contribution in [3.63, 3.8) is 0 Å². The summed E-state index contributed by atoms with van der Waals surface area (Å²) < 4.78 is 5.38. The molecule has 0 aliphatic carbocycles. The summed E-state index contributed by atoms with van der Waals surface area (Å²) in [7, 11) is 0. The molecule has 0 spiro atoms. The second-order valence-corrected chi connectivity index (χ2v) is 6.34. The molecule has 0 radical (unpaired) electrons. The predicted molar refractivity (Wildman–Crippen MR) is 109 cm³/mol. The van der Waals surface area contributed by atoms with Gasteiger partial charge in [0.1, 0.15) is 5.75 Å². The number of carbonyl (C=O) groups excluding carboxylic acids is 1. The van der Waals surface area contributed by atoms with Gasteiger partial charge in [0.25, 0.3) is 5.91 Å². The molecule has 3 N–H and O–H groups in total. The highest BCUT2D eigenvalue weighted by Crippen LogP contribution is 2.24. The number of aliphatic carboxylic acids is 1. The van der Waals surface area contributed by atoms with Gasteiger partial charge in [0.05, 0.1) is 5.02 Å². The monoisotopic (exact) mass is 404 g/mol. The molecule has 0 unspecified atom stereocenters. The molecule has 2 aromatic rings. The lowest BCUT2D eigenvalue weighted by atomic mass is 10.2. The number of carboxylic acid groups (broad SMARTS) is 1. The number of thiocarbonyl (C=S) groups is 1. The lowest BCUT2D eigenvalue weighted by Gasteiger charge is -2.11. The molecule has 2 rings (SSSR count). The van der Waals surface area contributed by atoms with Crippen LogP contribution in [0, 0.1) is 6.92 Å². The summed E-state index contributed by atoms with van der Waals surface area (Å²) in [6.45, 7) is 1.66. The average molecular weight is 405 g/mol. The van der Waals surface area contributed by atoms with Gasteiger partial charge in [-0.05, 0) is 60.6 Å². The highest BCUT2D eigenvalue weighted by atomic mass is 35.5. The Morgan fingerprint density at radius 3 is 2.74 bits per heavy atom. The Bertz CT molecular complexity index is 899. The maximum absolute atomic E-state index is 12.0. The highest BCUT2D eigenvalue weighted by Gasteiger charge is 2.08. The Labute approximate surface area is 166 Å². The minimum Gasteiger partial charge on any atom is -0.482 e. The molecule has 2 aromatic carbocycles. The molecule has 0 saturated carbocycles. The third-order valence-electron chi connectivity index (χ3n) is 3.26. The zero-order valence-electron chi connectivity index (χ0n) is 14.4. The molecule has 0 saturated heterocycles. The zero-order chi connectivity index (χ0) is 19.8. The number of carboxylic acids is 1. The van der Waals surface area contributed by atoms with Gasteiger partial charge < -0.3 is 15.2 Å². The second kappa shape index (κ2) is 9.70. The maximum atomic E-state index is 12.0. The largest absolute Gasteiger partial charge is 0.482 e. The van der Waals surface area contributed by atoms with Crippen molar-refractivity contribution >= 4 is 52.6 Å². The quantitative estimate of drug-likeness (QED) is 0.503. The molecular formula is C19H17ClN2O4S. The van der Waals surface area contributed by atoms with Crippen LogP contribution in [0.25, 0.3) is 6.08 Å². The molecule has 0 fully saturated rings. The van der Waals surface area contributed by atoms with Crippen molar-refractivity contribution in [2.45, 2.75) is 6.92 Å². The van der Waals surface area contributed by atoms with Crippen LogP contribution in [0.3, 0.4) is 0 Å². The highest BCUT2D eigenvalue weighted by molar-refractivity contribution is 7.80. The Morgan fingerprint density at radius 2 is 2.04 bits per heavy atom. The molecule has 0 atom stereocenters. The lowest BCUT2D eigenvalue weighted by molar-refractivity contribution is -0.131. The Balaban J connectivity index is 1.87. The van der Waals surface area contributed by atoms with E-state index in [0.717, 1.165) is 11.6 Å². The van der Waals surface area contributed by atoms with E-state index in [4.69, 9.17) is 33.7 Å². The first-order valence-electron chi connectivity index (χ1n) is 7.84. The number of hydrogen-bond donors (Lipinski definition) is 3. The summed E-state index contributed by atoms with van der Waals surface area (Å²) in [6.07, 6.45) is 2.49. The molecule has 6 nitrogen and oxygen atoms in total. The predicted octanol–water partition coefficient (Wildman–Crippen LogP) is 3.64.